The molecule has 3 unspecified atom stereocenters. The van der Waals surface area contributed by atoms with E-state index in [0.29, 0.717) is 19.3 Å². The molecule has 0 aromatic rings. The number of allylic oxidation sites excluding steroid dienone is 24. The van der Waals surface area contributed by atoms with E-state index in [4.69, 9.17) is 23.3 Å². The summed E-state index contributed by atoms with van der Waals surface area (Å²) in [5, 5.41) is 9.82. The standard InChI is InChI=1S/C64H101O11P/c1-4-7-10-13-16-19-22-25-27-29-30-32-34-37-40-43-46-49-52-55-64(68)75-61(57-71-62(66)53-50-47-44-41-38-35-24-21-18-15-12-9-6-3)59-73-76(69,70)72-58-60(56-65)74-63(67)54-51-48-45-42-39-36-33-31-28-26-23-20-17-14-11-8-5-2/h7-12,16-21,25-28,30,32,35,37-38,40,44,47,60-61,65H,4-6,13-15,22-24,29,31,33-34,36,39,41-43,45-46,48-59H2,1-3H3,(H,69,70)/b10-7-,11-8-,12-9-,19-16-,20-17-,21-18-,27-25-,28-26-,32-30-,38-35-,40-37-,47-44-. The summed E-state index contributed by atoms with van der Waals surface area (Å²) in [6.07, 6.45) is 72.5. The summed E-state index contributed by atoms with van der Waals surface area (Å²) in [6.45, 7) is 4.15. The molecule has 0 amide bonds. The normalized spacial score (nSPS) is 14.4. The minimum absolute atomic E-state index is 0.0889. The van der Waals surface area contributed by atoms with Crippen molar-refractivity contribution < 1.29 is 52.2 Å². The lowest BCUT2D eigenvalue weighted by atomic mass is 10.1. The summed E-state index contributed by atoms with van der Waals surface area (Å²) in [5.41, 5.74) is 0. The van der Waals surface area contributed by atoms with Crippen molar-refractivity contribution in [2.45, 2.75) is 213 Å². The van der Waals surface area contributed by atoms with Gasteiger partial charge in [-0.15, -0.1) is 0 Å². The second-order valence-electron chi connectivity index (χ2n) is 18.3. The van der Waals surface area contributed by atoms with Gasteiger partial charge in [-0.2, -0.15) is 0 Å². The van der Waals surface area contributed by atoms with Gasteiger partial charge in [-0.05, 0) is 122 Å². The Morgan fingerprint density at radius 2 is 0.671 bits per heavy atom. The quantitative estimate of drug-likeness (QED) is 0.0197. The lowest BCUT2D eigenvalue weighted by Gasteiger charge is -2.21. The molecule has 0 aliphatic carbocycles. The Balaban J connectivity index is 4.85. The van der Waals surface area contributed by atoms with E-state index >= 15 is 0 Å². The van der Waals surface area contributed by atoms with Crippen LogP contribution in [0.25, 0.3) is 0 Å². The van der Waals surface area contributed by atoms with Gasteiger partial charge < -0.3 is 24.2 Å². The molecule has 0 aromatic heterocycles. The van der Waals surface area contributed by atoms with Crippen LogP contribution in [0.15, 0.2) is 146 Å². The van der Waals surface area contributed by atoms with Crippen molar-refractivity contribution in [1.82, 2.24) is 0 Å². The van der Waals surface area contributed by atoms with E-state index in [1.807, 2.05) is 12.2 Å². The number of unbranched alkanes of at least 4 members (excludes halogenated alkanes) is 10. The molecule has 2 N–H and O–H groups in total. The number of carbonyl (C=O) groups excluding carboxylic acids is 3. The smallest absolute Gasteiger partial charge is 0.462 e. The van der Waals surface area contributed by atoms with Gasteiger partial charge in [-0.25, -0.2) is 4.57 Å². The van der Waals surface area contributed by atoms with Gasteiger partial charge in [0, 0.05) is 19.3 Å². The van der Waals surface area contributed by atoms with Crippen molar-refractivity contribution in [2.75, 3.05) is 26.4 Å². The summed E-state index contributed by atoms with van der Waals surface area (Å²) in [6, 6.07) is 0. The van der Waals surface area contributed by atoms with Crippen molar-refractivity contribution >= 4 is 25.7 Å². The van der Waals surface area contributed by atoms with Gasteiger partial charge in [-0.3, -0.25) is 23.4 Å². The SMILES string of the molecule is CC/C=C\C/C=C\C/C=C\C/C=C\C/C=C\CCCCCC(=O)OC(COC(=O)CC/C=C\C/C=C\C/C=C\C/C=C\CC)COP(=O)(O)OCC(CO)OC(=O)CCCCCCCCC/C=C\C/C=C\C/C=C\CC. The predicted octanol–water partition coefficient (Wildman–Crippen LogP) is 17.1. The second-order valence-corrected chi connectivity index (χ2v) is 19.8. The number of esters is 3. The van der Waals surface area contributed by atoms with Crippen LogP contribution >= 0.6 is 7.82 Å². The van der Waals surface area contributed by atoms with Gasteiger partial charge >= 0.3 is 25.7 Å². The van der Waals surface area contributed by atoms with E-state index in [0.717, 1.165) is 135 Å². The van der Waals surface area contributed by atoms with E-state index in [-0.39, 0.29) is 19.3 Å². The predicted molar refractivity (Wildman–Crippen MR) is 316 cm³/mol. The highest BCUT2D eigenvalue weighted by Gasteiger charge is 2.28. The Hall–Kier alpha value is -4.64. The fourth-order valence-corrected chi connectivity index (χ4v) is 7.78. The van der Waals surface area contributed by atoms with Crippen LogP contribution in [-0.2, 0) is 42.2 Å². The number of hydrogen-bond acceptors (Lipinski definition) is 10. The molecule has 0 aliphatic rings. The fourth-order valence-electron chi connectivity index (χ4n) is 7.00. The lowest BCUT2D eigenvalue weighted by molar-refractivity contribution is -0.161. The Morgan fingerprint density at radius 3 is 1.05 bits per heavy atom. The van der Waals surface area contributed by atoms with Crippen LogP contribution < -0.4 is 0 Å². The highest BCUT2D eigenvalue weighted by atomic mass is 31.2. The summed E-state index contributed by atoms with van der Waals surface area (Å²) in [7, 11) is -4.79. The Labute approximate surface area is 461 Å². The minimum Gasteiger partial charge on any atom is -0.462 e. The topological polar surface area (TPSA) is 155 Å². The highest BCUT2D eigenvalue weighted by Crippen LogP contribution is 2.43. The molecule has 0 radical (unpaired) electrons. The third-order valence-electron chi connectivity index (χ3n) is 11.3. The van der Waals surface area contributed by atoms with Crippen LogP contribution in [0.1, 0.15) is 201 Å². The highest BCUT2D eigenvalue weighted by molar-refractivity contribution is 7.47. The zero-order valence-corrected chi connectivity index (χ0v) is 48.0. The van der Waals surface area contributed by atoms with Gasteiger partial charge in [0.05, 0.1) is 19.8 Å². The fraction of sp³-hybridized carbons (Fsp3) is 0.578. The third-order valence-corrected chi connectivity index (χ3v) is 12.2. The van der Waals surface area contributed by atoms with Gasteiger partial charge in [0.1, 0.15) is 12.7 Å². The lowest BCUT2D eigenvalue weighted by Crippen LogP contribution is -2.30. The van der Waals surface area contributed by atoms with E-state index in [2.05, 4.69) is 154 Å². The largest absolute Gasteiger partial charge is 0.472 e. The maximum atomic E-state index is 12.9. The van der Waals surface area contributed by atoms with Gasteiger partial charge in [-0.1, -0.05) is 205 Å². The minimum atomic E-state index is -4.79. The van der Waals surface area contributed by atoms with Crippen LogP contribution in [0, 0.1) is 0 Å². The Morgan fingerprint density at radius 1 is 0.368 bits per heavy atom. The van der Waals surface area contributed by atoms with Crippen molar-refractivity contribution in [3.05, 3.63) is 146 Å². The molecule has 0 saturated heterocycles. The van der Waals surface area contributed by atoms with Crippen molar-refractivity contribution in [3.63, 3.8) is 0 Å². The van der Waals surface area contributed by atoms with Crippen LogP contribution in [-0.4, -0.2) is 66.5 Å². The number of aliphatic hydroxyl groups excluding tert-OH is 1. The molecule has 3 atom stereocenters. The molecule has 0 heterocycles. The molecule has 0 aliphatic heterocycles. The van der Waals surface area contributed by atoms with Crippen LogP contribution in [0.2, 0.25) is 0 Å². The van der Waals surface area contributed by atoms with Crippen LogP contribution in [0.4, 0.5) is 0 Å². The summed E-state index contributed by atoms with van der Waals surface area (Å²) < 4.78 is 39.4. The first-order valence-corrected chi connectivity index (χ1v) is 30.2. The summed E-state index contributed by atoms with van der Waals surface area (Å²) in [4.78, 5) is 48.5. The maximum Gasteiger partial charge on any atom is 0.472 e. The van der Waals surface area contributed by atoms with Crippen LogP contribution in [0.5, 0.6) is 0 Å². The molecule has 0 aromatic carbocycles. The molecule has 0 spiro atoms. The number of ether oxygens (including phenoxy) is 3. The zero-order valence-electron chi connectivity index (χ0n) is 47.2. The van der Waals surface area contributed by atoms with Crippen molar-refractivity contribution in [1.29, 1.82) is 0 Å². The van der Waals surface area contributed by atoms with Gasteiger partial charge in [0.2, 0.25) is 0 Å². The molecule has 0 rings (SSSR count). The number of phosphoric acid groups is 1. The van der Waals surface area contributed by atoms with Crippen molar-refractivity contribution in [2.24, 2.45) is 0 Å². The number of hydrogen-bond donors (Lipinski definition) is 2. The molecule has 12 heteroatoms. The number of aliphatic hydroxyl groups is 1. The monoisotopic (exact) mass is 1080 g/mol. The molecular weight excluding hydrogens is 976 g/mol. The first kappa shape index (κ1) is 71.4. The summed E-state index contributed by atoms with van der Waals surface area (Å²) in [5.74, 6) is -1.63. The molecule has 0 bridgehead atoms. The molecule has 76 heavy (non-hydrogen) atoms. The average molecular weight is 1080 g/mol. The third kappa shape index (κ3) is 54.2. The average Bonchev–Trinajstić information content (AvgIpc) is 3.41. The Bertz CT molecular complexity index is 1830. The number of rotatable bonds is 51. The van der Waals surface area contributed by atoms with E-state index in [1.54, 1.807) is 0 Å². The zero-order chi connectivity index (χ0) is 55.5. The second kappa shape index (κ2) is 56.6. The van der Waals surface area contributed by atoms with Gasteiger partial charge in [0.25, 0.3) is 0 Å². The van der Waals surface area contributed by atoms with E-state index < -0.39 is 64.4 Å². The number of carbonyl (C=O) groups is 3. The van der Waals surface area contributed by atoms with Crippen molar-refractivity contribution in [3.8, 4) is 0 Å². The maximum absolute atomic E-state index is 12.9. The Kier molecular flexibility index (Phi) is 53.1. The van der Waals surface area contributed by atoms with E-state index in [1.165, 1.54) is 6.42 Å². The number of phosphoric ester groups is 1. The van der Waals surface area contributed by atoms with Gasteiger partial charge in [0.15, 0.2) is 6.10 Å². The van der Waals surface area contributed by atoms with E-state index in [9.17, 15) is 28.9 Å². The molecule has 0 fully saturated rings. The molecule has 0 saturated carbocycles. The molecule has 11 nitrogen and oxygen atoms in total. The molecule has 428 valence electrons. The first-order valence-electron chi connectivity index (χ1n) is 28.7. The first-order chi connectivity index (χ1) is 37.2. The van der Waals surface area contributed by atoms with Crippen LogP contribution in [0.3, 0.4) is 0 Å². The summed E-state index contributed by atoms with van der Waals surface area (Å²) >= 11 is 0. The molecular formula is C64H101O11P.